The van der Waals surface area contributed by atoms with Gasteiger partial charge in [0.2, 0.25) is 5.75 Å². The maximum Gasteiger partial charge on any atom is 0.203 e. The van der Waals surface area contributed by atoms with Crippen molar-refractivity contribution in [1.82, 2.24) is 0 Å². The van der Waals surface area contributed by atoms with Crippen LogP contribution in [0.5, 0.6) is 17.2 Å². The van der Waals surface area contributed by atoms with E-state index in [2.05, 4.69) is 5.32 Å². The van der Waals surface area contributed by atoms with E-state index in [4.69, 9.17) is 30.5 Å². The van der Waals surface area contributed by atoms with E-state index in [1.165, 1.54) is 0 Å². The zero-order chi connectivity index (χ0) is 20.4. The zero-order valence-electron chi connectivity index (χ0n) is 16.4. The molecule has 0 unspecified atom stereocenters. The van der Waals surface area contributed by atoms with E-state index in [0.717, 1.165) is 22.4 Å². The van der Waals surface area contributed by atoms with Crippen LogP contribution >= 0.6 is 11.6 Å². The zero-order valence-corrected chi connectivity index (χ0v) is 17.2. The highest BCUT2D eigenvalue weighted by molar-refractivity contribution is 6.30. The van der Waals surface area contributed by atoms with E-state index in [9.17, 15) is 0 Å². The maximum atomic E-state index is 6.49. The average molecular weight is 412 g/mol. The lowest BCUT2D eigenvalue weighted by atomic mass is 9.97. The summed E-state index contributed by atoms with van der Waals surface area (Å²) in [6.45, 7) is 0. The molecule has 1 aliphatic heterocycles. The Morgan fingerprint density at radius 3 is 2.14 bits per heavy atom. The van der Waals surface area contributed by atoms with Crippen molar-refractivity contribution in [2.45, 2.75) is 12.3 Å². The van der Waals surface area contributed by atoms with Crippen LogP contribution in [0, 0.1) is 0 Å². The number of ether oxygens (including phenoxy) is 4. The number of hydrogen-bond donors (Lipinski definition) is 1. The molecule has 4 rings (SSSR count). The van der Waals surface area contributed by atoms with Crippen LogP contribution in [0.25, 0.3) is 0 Å². The Kier molecular flexibility index (Phi) is 5.51. The maximum absolute atomic E-state index is 6.49. The summed E-state index contributed by atoms with van der Waals surface area (Å²) in [5.74, 6) is 1.69. The van der Waals surface area contributed by atoms with E-state index < -0.39 is 6.23 Å². The highest BCUT2D eigenvalue weighted by atomic mass is 35.5. The van der Waals surface area contributed by atoms with Gasteiger partial charge >= 0.3 is 0 Å². The van der Waals surface area contributed by atoms with Crippen LogP contribution in [0.3, 0.4) is 0 Å². The topological polar surface area (TPSA) is 49.0 Å². The summed E-state index contributed by atoms with van der Waals surface area (Å²) in [6.07, 6.45) is -0.683. The van der Waals surface area contributed by atoms with Crippen LogP contribution < -0.4 is 19.5 Å². The molecule has 1 heterocycles. The van der Waals surface area contributed by atoms with Crippen LogP contribution in [0.4, 0.5) is 5.69 Å². The summed E-state index contributed by atoms with van der Waals surface area (Å²) in [5, 5.41) is 4.12. The van der Waals surface area contributed by atoms with Crippen molar-refractivity contribution in [2.24, 2.45) is 0 Å². The molecule has 0 radical (unpaired) electrons. The third-order valence-corrected chi connectivity index (χ3v) is 5.18. The molecule has 3 aromatic rings. The second-order valence-corrected chi connectivity index (χ2v) is 7.08. The van der Waals surface area contributed by atoms with E-state index in [1.807, 2.05) is 60.7 Å². The quantitative estimate of drug-likeness (QED) is 0.592. The van der Waals surface area contributed by atoms with Gasteiger partial charge in [-0.2, -0.15) is 0 Å². The van der Waals surface area contributed by atoms with Crippen LogP contribution in [0.1, 0.15) is 29.0 Å². The molecule has 2 atom stereocenters. The Hall–Kier alpha value is -2.89. The van der Waals surface area contributed by atoms with Crippen molar-refractivity contribution in [3.8, 4) is 17.2 Å². The third kappa shape index (κ3) is 3.71. The molecule has 6 heteroatoms. The van der Waals surface area contributed by atoms with Crippen LogP contribution in [-0.2, 0) is 4.74 Å². The minimum Gasteiger partial charge on any atom is -0.493 e. The van der Waals surface area contributed by atoms with Crippen LogP contribution in [0.15, 0.2) is 60.7 Å². The van der Waals surface area contributed by atoms with Crippen molar-refractivity contribution in [3.63, 3.8) is 0 Å². The van der Waals surface area contributed by atoms with Gasteiger partial charge in [0.1, 0.15) is 6.10 Å². The first-order chi connectivity index (χ1) is 14.1. The fourth-order valence-corrected chi connectivity index (χ4v) is 3.75. The molecule has 3 aromatic carbocycles. The molecule has 0 spiro atoms. The highest BCUT2D eigenvalue weighted by Gasteiger charge is 2.30. The predicted octanol–water partition coefficient (Wildman–Crippen LogP) is 5.60. The molecular formula is C23H22ClNO4. The number of benzene rings is 3. The molecular weight excluding hydrogens is 390 g/mol. The lowest BCUT2D eigenvalue weighted by Crippen LogP contribution is -2.25. The molecule has 0 aromatic heterocycles. The lowest BCUT2D eigenvalue weighted by molar-refractivity contribution is 0.0155. The molecule has 0 saturated carbocycles. The molecule has 0 fully saturated rings. The summed E-state index contributed by atoms with van der Waals surface area (Å²) < 4.78 is 22.9. The van der Waals surface area contributed by atoms with Crippen LogP contribution in [-0.4, -0.2) is 21.3 Å². The van der Waals surface area contributed by atoms with Gasteiger partial charge in [-0.25, -0.2) is 0 Å². The van der Waals surface area contributed by atoms with Gasteiger partial charge < -0.3 is 24.3 Å². The van der Waals surface area contributed by atoms with Crippen molar-refractivity contribution >= 4 is 17.3 Å². The number of nitrogens with one attached hydrogen (secondary N) is 1. The normalized spacial score (nSPS) is 17.8. The van der Waals surface area contributed by atoms with Gasteiger partial charge in [-0.3, -0.25) is 0 Å². The second-order valence-electron chi connectivity index (χ2n) is 6.64. The molecule has 1 aliphatic rings. The number of rotatable bonds is 5. The van der Waals surface area contributed by atoms with Gasteiger partial charge in [0, 0.05) is 21.8 Å². The molecule has 0 bridgehead atoms. The molecule has 0 amide bonds. The molecule has 29 heavy (non-hydrogen) atoms. The third-order valence-electron chi connectivity index (χ3n) is 4.95. The van der Waals surface area contributed by atoms with Gasteiger partial charge in [-0.15, -0.1) is 0 Å². The second kappa shape index (κ2) is 8.23. The number of anilines is 1. The monoisotopic (exact) mass is 411 g/mol. The molecule has 1 N–H and O–H groups in total. The van der Waals surface area contributed by atoms with Gasteiger partial charge in [0.25, 0.3) is 0 Å². The smallest absolute Gasteiger partial charge is 0.203 e. The molecule has 150 valence electrons. The molecule has 0 saturated heterocycles. The molecule has 0 aliphatic carbocycles. The Balaban J connectivity index is 1.79. The predicted molar refractivity (Wildman–Crippen MR) is 113 cm³/mol. The minimum absolute atomic E-state index is 0.268. The summed E-state index contributed by atoms with van der Waals surface area (Å²) in [7, 11) is 4.78. The van der Waals surface area contributed by atoms with Crippen molar-refractivity contribution in [3.05, 3.63) is 82.4 Å². The van der Waals surface area contributed by atoms with Crippen molar-refractivity contribution in [2.75, 3.05) is 26.6 Å². The first kappa shape index (κ1) is 19.4. The fourth-order valence-electron chi connectivity index (χ4n) is 3.57. The number of hydrogen-bond acceptors (Lipinski definition) is 5. The largest absolute Gasteiger partial charge is 0.493 e. The van der Waals surface area contributed by atoms with Crippen LogP contribution in [0.2, 0.25) is 5.02 Å². The van der Waals surface area contributed by atoms with Crippen molar-refractivity contribution < 1.29 is 18.9 Å². The summed E-state index contributed by atoms with van der Waals surface area (Å²) in [6, 6.07) is 19.6. The first-order valence-corrected chi connectivity index (χ1v) is 9.58. The Morgan fingerprint density at radius 2 is 1.52 bits per heavy atom. The SMILES string of the molecule is COc1cc([C@@H]2Nc3ccc(Cl)cc3[C@@H](c3ccccc3)O2)cc(OC)c1OC. The Bertz CT molecular complexity index is 984. The summed E-state index contributed by atoms with van der Waals surface area (Å²) in [5.41, 5.74) is 3.87. The molecule has 5 nitrogen and oxygen atoms in total. The summed E-state index contributed by atoms with van der Waals surface area (Å²) in [4.78, 5) is 0. The Morgan fingerprint density at radius 1 is 0.828 bits per heavy atom. The van der Waals surface area contributed by atoms with Gasteiger partial charge in [0.05, 0.1) is 21.3 Å². The average Bonchev–Trinajstić information content (AvgIpc) is 2.77. The van der Waals surface area contributed by atoms with Gasteiger partial charge in [-0.1, -0.05) is 41.9 Å². The van der Waals surface area contributed by atoms with Crippen molar-refractivity contribution in [1.29, 1.82) is 0 Å². The Labute approximate surface area is 175 Å². The highest BCUT2D eigenvalue weighted by Crippen LogP contribution is 2.45. The number of methoxy groups -OCH3 is 3. The van der Waals surface area contributed by atoms with Gasteiger partial charge in [0.15, 0.2) is 17.7 Å². The first-order valence-electron chi connectivity index (χ1n) is 9.21. The number of halogens is 1. The van der Waals surface area contributed by atoms with E-state index >= 15 is 0 Å². The minimum atomic E-state index is -0.414. The fraction of sp³-hybridized carbons (Fsp3) is 0.217. The van der Waals surface area contributed by atoms with E-state index in [-0.39, 0.29) is 6.10 Å². The number of fused-ring (bicyclic) bond motifs is 1. The van der Waals surface area contributed by atoms with E-state index in [0.29, 0.717) is 22.3 Å². The van der Waals surface area contributed by atoms with Gasteiger partial charge in [-0.05, 0) is 35.9 Å². The standard InChI is InChI=1S/C23H22ClNO4/c1-26-19-11-15(12-20(27-2)22(19)28-3)23-25-18-10-9-16(24)13-17(18)21(29-23)14-7-5-4-6-8-14/h4-13,21,23,25H,1-3H3/t21-,23-/m1/s1. The van der Waals surface area contributed by atoms with E-state index in [1.54, 1.807) is 21.3 Å². The lowest BCUT2D eigenvalue weighted by Gasteiger charge is -2.34. The summed E-state index contributed by atoms with van der Waals surface area (Å²) >= 11 is 6.27.